The molecule has 3 nitrogen and oxygen atoms in total. The van der Waals surface area contributed by atoms with Gasteiger partial charge in [0.25, 0.3) is 0 Å². The fourth-order valence-corrected chi connectivity index (χ4v) is 3.57. The number of aryl methyl sites for hydroxylation is 1. The largest absolute Gasteiger partial charge is 0.329 e. The molecule has 0 saturated heterocycles. The molecule has 20 heavy (non-hydrogen) atoms. The molecule has 1 unspecified atom stereocenters. The van der Waals surface area contributed by atoms with Gasteiger partial charge in [-0.25, -0.2) is 4.98 Å². The predicted octanol–water partition coefficient (Wildman–Crippen LogP) is 4.00. The van der Waals surface area contributed by atoms with Gasteiger partial charge in [0.15, 0.2) is 0 Å². The Labute approximate surface area is 136 Å². The van der Waals surface area contributed by atoms with Gasteiger partial charge < -0.3 is 5.73 Å². The maximum absolute atomic E-state index is 6.33. The first-order valence-electron chi connectivity index (χ1n) is 6.27. The highest BCUT2D eigenvalue weighted by molar-refractivity contribution is 9.10. The zero-order chi connectivity index (χ0) is 14.7. The van der Waals surface area contributed by atoms with Crippen molar-refractivity contribution in [1.82, 2.24) is 9.88 Å². The average Bonchev–Trinajstić information content (AvgIpc) is 2.78. The summed E-state index contributed by atoms with van der Waals surface area (Å²) >= 11 is 11.4. The van der Waals surface area contributed by atoms with E-state index in [-0.39, 0.29) is 6.04 Å². The number of nitrogens with two attached hydrogens (primary N) is 1. The summed E-state index contributed by atoms with van der Waals surface area (Å²) in [4.78, 5) is 6.68. The van der Waals surface area contributed by atoms with Crippen LogP contribution in [0.2, 0.25) is 5.02 Å². The Bertz CT molecular complexity index is 588. The molecule has 0 aliphatic heterocycles. The monoisotopic (exact) mass is 373 g/mol. The first-order valence-corrected chi connectivity index (χ1v) is 8.32. The minimum Gasteiger partial charge on any atom is -0.329 e. The topological polar surface area (TPSA) is 42.2 Å². The van der Waals surface area contributed by atoms with E-state index in [1.165, 1.54) is 0 Å². The third-order valence-electron chi connectivity index (χ3n) is 3.15. The molecule has 0 fully saturated rings. The van der Waals surface area contributed by atoms with Gasteiger partial charge in [-0.2, -0.15) is 0 Å². The van der Waals surface area contributed by atoms with Crippen LogP contribution in [0.1, 0.15) is 22.3 Å². The molecule has 1 aromatic heterocycles. The van der Waals surface area contributed by atoms with Crippen molar-refractivity contribution in [1.29, 1.82) is 0 Å². The van der Waals surface area contributed by atoms with E-state index in [2.05, 4.69) is 31.2 Å². The van der Waals surface area contributed by atoms with Crippen LogP contribution in [0, 0.1) is 6.92 Å². The van der Waals surface area contributed by atoms with Gasteiger partial charge >= 0.3 is 0 Å². The van der Waals surface area contributed by atoms with Gasteiger partial charge in [0.1, 0.15) is 0 Å². The van der Waals surface area contributed by atoms with Crippen molar-refractivity contribution in [3.8, 4) is 0 Å². The molecule has 0 aliphatic carbocycles. The van der Waals surface area contributed by atoms with Gasteiger partial charge in [-0.05, 0) is 31.7 Å². The van der Waals surface area contributed by atoms with Gasteiger partial charge in [0, 0.05) is 34.0 Å². The average molecular weight is 375 g/mol. The van der Waals surface area contributed by atoms with Crippen molar-refractivity contribution in [3.63, 3.8) is 0 Å². The van der Waals surface area contributed by atoms with E-state index in [0.717, 1.165) is 32.3 Å². The molecule has 0 amide bonds. The van der Waals surface area contributed by atoms with Crippen LogP contribution in [0.4, 0.5) is 0 Å². The highest BCUT2D eigenvalue weighted by Gasteiger charge is 2.19. The fraction of sp³-hybridized carbons (Fsp3) is 0.357. The quantitative estimate of drug-likeness (QED) is 0.860. The molecule has 2 N–H and O–H groups in total. The Balaban J connectivity index is 2.18. The number of nitrogens with zero attached hydrogens (tertiary/aromatic N) is 2. The van der Waals surface area contributed by atoms with Crippen molar-refractivity contribution in [3.05, 3.63) is 49.3 Å². The van der Waals surface area contributed by atoms with E-state index in [1.807, 2.05) is 32.2 Å². The molecule has 0 bridgehead atoms. The molecule has 2 aromatic rings. The summed E-state index contributed by atoms with van der Waals surface area (Å²) in [6.45, 7) is 3.29. The first-order chi connectivity index (χ1) is 9.51. The molecule has 0 saturated carbocycles. The SMILES string of the molecule is Cc1nc(CN(C)C(CN)c2ccc(Br)cc2Cl)cs1. The zero-order valence-electron chi connectivity index (χ0n) is 11.4. The number of benzene rings is 1. The van der Waals surface area contributed by atoms with Crippen molar-refractivity contribution in [2.45, 2.75) is 19.5 Å². The maximum Gasteiger partial charge on any atom is 0.0897 e. The molecule has 0 aliphatic rings. The molecule has 1 heterocycles. The molecular weight excluding hydrogens is 358 g/mol. The minimum absolute atomic E-state index is 0.0811. The van der Waals surface area contributed by atoms with Crippen LogP contribution in [0.3, 0.4) is 0 Å². The van der Waals surface area contributed by atoms with Crippen LogP contribution < -0.4 is 5.73 Å². The summed E-state index contributed by atoms with van der Waals surface area (Å²) in [7, 11) is 2.05. The molecule has 0 spiro atoms. The van der Waals surface area contributed by atoms with Crippen LogP contribution in [-0.2, 0) is 6.54 Å². The number of rotatable bonds is 5. The third kappa shape index (κ3) is 3.80. The second kappa shape index (κ2) is 7.00. The van der Waals surface area contributed by atoms with Crippen molar-refractivity contribution < 1.29 is 0 Å². The second-order valence-electron chi connectivity index (χ2n) is 4.69. The third-order valence-corrected chi connectivity index (χ3v) is 4.80. The predicted molar refractivity (Wildman–Crippen MR) is 89.3 cm³/mol. The summed E-state index contributed by atoms with van der Waals surface area (Å²) in [6.07, 6.45) is 0. The normalized spacial score (nSPS) is 12.9. The van der Waals surface area contributed by atoms with Gasteiger partial charge in [0.05, 0.1) is 10.7 Å². The van der Waals surface area contributed by atoms with E-state index in [4.69, 9.17) is 17.3 Å². The summed E-state index contributed by atoms with van der Waals surface area (Å²) < 4.78 is 0.972. The molecule has 0 radical (unpaired) electrons. The lowest BCUT2D eigenvalue weighted by atomic mass is 10.1. The maximum atomic E-state index is 6.33. The Kier molecular flexibility index (Phi) is 5.57. The lowest BCUT2D eigenvalue weighted by molar-refractivity contribution is 0.239. The van der Waals surface area contributed by atoms with Crippen LogP contribution in [0.15, 0.2) is 28.1 Å². The van der Waals surface area contributed by atoms with Gasteiger partial charge in [-0.15, -0.1) is 11.3 Å². The van der Waals surface area contributed by atoms with Crippen molar-refractivity contribution in [2.24, 2.45) is 5.73 Å². The van der Waals surface area contributed by atoms with Gasteiger partial charge in [-0.3, -0.25) is 4.90 Å². The highest BCUT2D eigenvalue weighted by Crippen LogP contribution is 2.29. The first kappa shape index (κ1) is 15.9. The summed E-state index contributed by atoms with van der Waals surface area (Å²) in [5.41, 5.74) is 8.06. The summed E-state index contributed by atoms with van der Waals surface area (Å²) in [5, 5.41) is 3.90. The second-order valence-corrected chi connectivity index (χ2v) is 7.08. The minimum atomic E-state index is 0.0811. The Morgan fingerprint density at radius 2 is 2.25 bits per heavy atom. The summed E-state index contributed by atoms with van der Waals surface area (Å²) in [6, 6.07) is 6.00. The van der Waals surface area contributed by atoms with Crippen molar-refractivity contribution >= 4 is 38.9 Å². The van der Waals surface area contributed by atoms with Crippen LogP contribution in [0.5, 0.6) is 0 Å². The number of halogens is 2. The molecule has 108 valence electrons. The van der Waals surface area contributed by atoms with E-state index < -0.39 is 0 Å². The smallest absolute Gasteiger partial charge is 0.0897 e. The van der Waals surface area contributed by atoms with Gasteiger partial charge in [0.2, 0.25) is 0 Å². The molecule has 2 rings (SSSR count). The number of hydrogen-bond acceptors (Lipinski definition) is 4. The number of likely N-dealkylation sites (N-methyl/N-ethyl adjacent to an activating group) is 1. The fourth-order valence-electron chi connectivity index (χ4n) is 2.16. The Hall–Kier alpha value is -0.460. The molecule has 6 heteroatoms. The zero-order valence-corrected chi connectivity index (χ0v) is 14.6. The Morgan fingerprint density at radius 3 is 2.80 bits per heavy atom. The van der Waals surface area contributed by atoms with Crippen LogP contribution in [-0.4, -0.2) is 23.5 Å². The van der Waals surface area contributed by atoms with E-state index in [0.29, 0.717) is 6.54 Å². The van der Waals surface area contributed by atoms with E-state index >= 15 is 0 Å². The number of aromatic nitrogens is 1. The van der Waals surface area contributed by atoms with Crippen molar-refractivity contribution in [2.75, 3.05) is 13.6 Å². The lowest BCUT2D eigenvalue weighted by Crippen LogP contribution is -2.30. The van der Waals surface area contributed by atoms with E-state index in [9.17, 15) is 0 Å². The number of hydrogen-bond donors (Lipinski definition) is 1. The van der Waals surface area contributed by atoms with Gasteiger partial charge in [-0.1, -0.05) is 33.6 Å². The number of thiazole rings is 1. The lowest BCUT2D eigenvalue weighted by Gasteiger charge is -2.27. The molecule has 1 atom stereocenters. The van der Waals surface area contributed by atoms with E-state index in [1.54, 1.807) is 11.3 Å². The molecular formula is C14H17BrClN3S. The molecule has 1 aromatic carbocycles. The standard InChI is InChI=1S/C14H17BrClN3S/c1-9-18-11(8-20-9)7-19(2)14(6-17)12-4-3-10(15)5-13(12)16/h3-5,8,14H,6-7,17H2,1-2H3. The van der Waals surface area contributed by atoms with Crippen LogP contribution in [0.25, 0.3) is 0 Å². The van der Waals surface area contributed by atoms with Crippen LogP contribution >= 0.6 is 38.9 Å². The summed E-state index contributed by atoms with van der Waals surface area (Å²) in [5.74, 6) is 0. The highest BCUT2D eigenvalue weighted by atomic mass is 79.9. The Morgan fingerprint density at radius 1 is 1.50 bits per heavy atom.